The molecule has 0 bridgehead atoms. The van der Waals surface area contributed by atoms with Gasteiger partial charge in [-0.2, -0.15) is 5.10 Å². The Morgan fingerprint density at radius 2 is 1.57 bits per heavy atom. The molecule has 1 heterocycles. The first-order valence-corrected chi connectivity index (χ1v) is 8.84. The number of hydrogen-bond acceptors (Lipinski definition) is 4. The zero-order valence-electron chi connectivity index (χ0n) is 14.1. The molecule has 0 atom stereocenters. The van der Waals surface area contributed by atoms with Gasteiger partial charge in [0.15, 0.2) is 10.7 Å². The molecule has 0 amide bonds. The second kappa shape index (κ2) is 6.66. The van der Waals surface area contributed by atoms with Crippen LogP contribution in [0.25, 0.3) is 11.1 Å². The molecule has 0 fully saturated rings. The molecule has 0 N–H and O–H groups in total. The minimum atomic E-state index is -2.91. The van der Waals surface area contributed by atoms with E-state index in [4.69, 9.17) is 0 Å². The molecule has 0 spiro atoms. The highest BCUT2D eigenvalue weighted by molar-refractivity contribution is 7.72. The molecule has 0 aliphatic carbocycles. The highest BCUT2D eigenvalue weighted by Gasteiger charge is 2.22. The Morgan fingerprint density at radius 1 is 1.04 bits per heavy atom. The topological polar surface area (TPSA) is 69.0 Å². The van der Waals surface area contributed by atoms with E-state index in [0.717, 1.165) is 35.1 Å². The van der Waals surface area contributed by atoms with E-state index in [9.17, 15) is 13.2 Å². The van der Waals surface area contributed by atoms with Crippen molar-refractivity contribution in [2.24, 2.45) is 7.05 Å². The van der Waals surface area contributed by atoms with Crippen LogP contribution in [0.3, 0.4) is 0 Å². The molecule has 2 rings (SSSR count). The summed E-state index contributed by atoms with van der Waals surface area (Å²) in [7, 11) is -1.36. The zero-order valence-corrected chi connectivity index (χ0v) is 15.0. The maximum Gasteiger partial charge on any atom is 0.275 e. The summed E-state index contributed by atoms with van der Waals surface area (Å²) in [6.07, 6.45) is 1.45. The highest BCUT2D eigenvalue weighted by atomic mass is 32.2. The van der Waals surface area contributed by atoms with Gasteiger partial charge in [-0.3, -0.25) is 4.79 Å². The van der Waals surface area contributed by atoms with Crippen LogP contribution in [0.15, 0.2) is 21.8 Å². The Labute approximate surface area is 137 Å². The van der Waals surface area contributed by atoms with Gasteiger partial charge >= 0.3 is 0 Å². The van der Waals surface area contributed by atoms with E-state index in [2.05, 4.69) is 5.10 Å². The lowest BCUT2D eigenvalue weighted by Crippen LogP contribution is -2.25. The van der Waals surface area contributed by atoms with Gasteiger partial charge in [-0.25, -0.2) is 13.1 Å². The van der Waals surface area contributed by atoms with Crippen LogP contribution in [-0.2, 0) is 30.6 Å². The van der Waals surface area contributed by atoms with Crippen LogP contribution in [-0.4, -0.2) is 18.2 Å². The van der Waals surface area contributed by atoms with Crippen molar-refractivity contribution < 1.29 is 8.42 Å². The largest absolute Gasteiger partial charge is 0.275 e. The van der Waals surface area contributed by atoms with Crippen molar-refractivity contribution in [2.45, 2.75) is 45.4 Å². The standard InChI is InChI=1S/C17H22N2O3S/c1-6-12-8-10(3)9-13(7-2)14(12)15-16(23(21)22)11(4)18-19(5)17(15)20/h8-9,23H,6-7H2,1-5H3. The number of benzene rings is 1. The molecule has 0 saturated carbocycles. The summed E-state index contributed by atoms with van der Waals surface area (Å²) in [6, 6.07) is 4.04. The fourth-order valence-electron chi connectivity index (χ4n) is 3.03. The maximum atomic E-state index is 12.7. The Hall–Kier alpha value is -1.95. The summed E-state index contributed by atoms with van der Waals surface area (Å²) in [5.41, 5.74) is 4.06. The van der Waals surface area contributed by atoms with E-state index in [1.807, 2.05) is 32.9 Å². The zero-order chi connectivity index (χ0) is 17.3. The second-order valence-electron chi connectivity index (χ2n) is 5.66. The molecular weight excluding hydrogens is 312 g/mol. The van der Waals surface area contributed by atoms with Crippen molar-refractivity contribution in [3.8, 4) is 11.1 Å². The molecule has 0 unspecified atom stereocenters. The summed E-state index contributed by atoms with van der Waals surface area (Å²) in [5.74, 6) is 0. The van der Waals surface area contributed by atoms with Crippen LogP contribution in [0.2, 0.25) is 0 Å². The lowest BCUT2D eigenvalue weighted by atomic mass is 9.90. The molecule has 23 heavy (non-hydrogen) atoms. The van der Waals surface area contributed by atoms with Crippen molar-refractivity contribution in [1.82, 2.24) is 9.78 Å². The van der Waals surface area contributed by atoms with Gasteiger partial charge in [-0.15, -0.1) is 0 Å². The van der Waals surface area contributed by atoms with Crippen LogP contribution in [0.1, 0.15) is 36.2 Å². The van der Waals surface area contributed by atoms with E-state index in [0.29, 0.717) is 5.69 Å². The Morgan fingerprint density at radius 3 is 2.00 bits per heavy atom. The van der Waals surface area contributed by atoms with E-state index in [1.165, 1.54) is 4.68 Å². The lowest BCUT2D eigenvalue weighted by Gasteiger charge is -2.17. The third-order valence-corrected chi connectivity index (χ3v) is 4.94. The molecule has 1 aromatic carbocycles. The van der Waals surface area contributed by atoms with Crippen molar-refractivity contribution in [2.75, 3.05) is 0 Å². The van der Waals surface area contributed by atoms with Crippen LogP contribution in [0, 0.1) is 13.8 Å². The average Bonchev–Trinajstić information content (AvgIpc) is 2.49. The lowest BCUT2D eigenvalue weighted by molar-refractivity contribution is 0.609. The fourth-order valence-corrected chi connectivity index (χ4v) is 3.73. The van der Waals surface area contributed by atoms with Gasteiger partial charge in [0.1, 0.15) is 4.90 Å². The van der Waals surface area contributed by atoms with Crippen molar-refractivity contribution in [1.29, 1.82) is 0 Å². The van der Waals surface area contributed by atoms with Crippen LogP contribution in [0.4, 0.5) is 0 Å². The van der Waals surface area contributed by atoms with Crippen LogP contribution >= 0.6 is 0 Å². The van der Waals surface area contributed by atoms with E-state index >= 15 is 0 Å². The third kappa shape index (κ3) is 3.08. The number of hydrogen-bond donors (Lipinski definition) is 1. The SMILES string of the molecule is CCc1cc(C)cc(CC)c1-c1c([SH](=O)=O)c(C)nn(C)c1=O. The molecule has 0 saturated heterocycles. The third-order valence-electron chi connectivity index (χ3n) is 4.03. The van der Waals surface area contributed by atoms with Crippen molar-refractivity contribution in [3.05, 3.63) is 44.9 Å². The van der Waals surface area contributed by atoms with E-state index < -0.39 is 10.7 Å². The van der Waals surface area contributed by atoms with Gasteiger partial charge in [-0.1, -0.05) is 31.5 Å². The summed E-state index contributed by atoms with van der Waals surface area (Å²) < 4.78 is 24.8. The number of aromatic nitrogens is 2. The molecule has 6 heteroatoms. The van der Waals surface area contributed by atoms with Gasteiger partial charge < -0.3 is 0 Å². The van der Waals surface area contributed by atoms with Gasteiger partial charge in [0, 0.05) is 7.05 Å². The van der Waals surface area contributed by atoms with Crippen molar-refractivity contribution in [3.63, 3.8) is 0 Å². The molecule has 124 valence electrons. The molecule has 0 radical (unpaired) electrons. The fraction of sp³-hybridized carbons (Fsp3) is 0.412. The van der Waals surface area contributed by atoms with E-state index in [-0.39, 0.29) is 16.0 Å². The van der Waals surface area contributed by atoms with Gasteiger partial charge in [0.05, 0.1) is 11.3 Å². The average molecular weight is 334 g/mol. The van der Waals surface area contributed by atoms with E-state index in [1.54, 1.807) is 14.0 Å². The smallest absolute Gasteiger partial charge is 0.267 e. The van der Waals surface area contributed by atoms with Crippen molar-refractivity contribution >= 4 is 10.7 Å². The van der Waals surface area contributed by atoms with Crippen LogP contribution < -0.4 is 5.56 Å². The Balaban J connectivity index is 3.07. The van der Waals surface area contributed by atoms with Gasteiger partial charge in [-0.05, 0) is 43.4 Å². The molecule has 0 aliphatic rings. The molecule has 1 aromatic heterocycles. The summed E-state index contributed by atoms with van der Waals surface area (Å²) >= 11 is 0. The first kappa shape index (κ1) is 17.4. The maximum absolute atomic E-state index is 12.7. The number of rotatable bonds is 4. The Bertz CT molecular complexity index is 862. The Kier molecular flexibility index (Phi) is 5.04. The van der Waals surface area contributed by atoms with Crippen LogP contribution in [0.5, 0.6) is 0 Å². The predicted molar refractivity (Wildman–Crippen MR) is 91.7 cm³/mol. The quantitative estimate of drug-likeness (QED) is 0.870. The summed E-state index contributed by atoms with van der Waals surface area (Å²) in [4.78, 5) is 12.7. The number of nitrogens with zero attached hydrogens (tertiary/aromatic N) is 2. The summed E-state index contributed by atoms with van der Waals surface area (Å²) in [6.45, 7) is 7.64. The number of aryl methyl sites for hydroxylation is 5. The predicted octanol–water partition coefficient (Wildman–Crippen LogP) is 2.16. The van der Waals surface area contributed by atoms with Gasteiger partial charge in [0.2, 0.25) is 0 Å². The minimum absolute atomic E-state index is 0.0383. The molecule has 0 aliphatic heterocycles. The second-order valence-corrected chi connectivity index (χ2v) is 6.62. The first-order valence-electron chi connectivity index (χ1n) is 7.66. The van der Waals surface area contributed by atoms with Gasteiger partial charge in [0.25, 0.3) is 5.56 Å². The molecule has 2 aromatic rings. The molecule has 5 nitrogen and oxygen atoms in total. The molecular formula is C17H22N2O3S. The first-order chi connectivity index (χ1) is 10.8. The normalized spacial score (nSPS) is 11.2. The number of thiol groups is 1. The monoisotopic (exact) mass is 334 g/mol. The summed E-state index contributed by atoms with van der Waals surface area (Å²) in [5, 5.41) is 4.03. The minimum Gasteiger partial charge on any atom is -0.267 e. The highest BCUT2D eigenvalue weighted by Crippen LogP contribution is 2.31.